The first-order valence-corrected chi connectivity index (χ1v) is 6.91. The van der Waals surface area contributed by atoms with Crippen LogP contribution in [0.15, 0.2) is 0 Å². The second-order valence-corrected chi connectivity index (χ2v) is 5.62. The molecule has 2 N–H and O–H groups in total. The minimum absolute atomic E-state index is 0.123. The molecule has 1 heterocycles. The van der Waals surface area contributed by atoms with Crippen molar-refractivity contribution in [2.75, 3.05) is 5.75 Å². The molecular formula is C10H18N2S2. The van der Waals surface area contributed by atoms with Gasteiger partial charge in [-0.15, -0.1) is 11.3 Å². The summed E-state index contributed by atoms with van der Waals surface area (Å²) in [6, 6.07) is 0.123. The van der Waals surface area contributed by atoms with Gasteiger partial charge in [-0.25, -0.2) is 4.98 Å². The summed E-state index contributed by atoms with van der Waals surface area (Å²) in [6.07, 6.45) is 1.23. The Morgan fingerprint density at radius 3 is 2.79 bits per heavy atom. The zero-order chi connectivity index (χ0) is 10.6. The van der Waals surface area contributed by atoms with E-state index in [4.69, 9.17) is 5.73 Å². The maximum atomic E-state index is 5.85. The molecule has 1 aromatic rings. The Morgan fingerprint density at radius 1 is 1.57 bits per heavy atom. The molecule has 0 saturated heterocycles. The Morgan fingerprint density at radius 2 is 2.29 bits per heavy atom. The van der Waals surface area contributed by atoms with E-state index in [1.165, 1.54) is 22.1 Å². The average molecular weight is 230 g/mol. The summed E-state index contributed by atoms with van der Waals surface area (Å²) in [7, 11) is 0. The number of hydrogen-bond acceptors (Lipinski definition) is 4. The summed E-state index contributed by atoms with van der Waals surface area (Å²) < 4.78 is 0. The SMILES string of the molecule is CCCSCc1nc(C)c(C(C)N)s1. The molecule has 14 heavy (non-hydrogen) atoms. The molecule has 0 radical (unpaired) electrons. The smallest absolute Gasteiger partial charge is 0.103 e. The lowest BCUT2D eigenvalue weighted by atomic mass is 10.2. The predicted octanol–water partition coefficient (Wildman–Crippen LogP) is 3.11. The van der Waals surface area contributed by atoms with Crippen molar-refractivity contribution in [1.82, 2.24) is 4.98 Å². The summed E-state index contributed by atoms with van der Waals surface area (Å²) in [5, 5.41) is 1.22. The average Bonchev–Trinajstić information content (AvgIpc) is 2.47. The van der Waals surface area contributed by atoms with Crippen molar-refractivity contribution in [2.45, 2.75) is 39.0 Å². The lowest BCUT2D eigenvalue weighted by Crippen LogP contribution is -2.03. The number of rotatable bonds is 5. The summed E-state index contributed by atoms with van der Waals surface area (Å²) in [5.74, 6) is 2.25. The molecule has 0 fully saturated rings. The highest BCUT2D eigenvalue weighted by molar-refractivity contribution is 7.98. The van der Waals surface area contributed by atoms with E-state index >= 15 is 0 Å². The standard InChI is InChI=1S/C10H18N2S2/c1-4-5-13-6-9-12-8(3)10(14-9)7(2)11/h7H,4-6,11H2,1-3H3. The molecule has 0 aliphatic heterocycles. The van der Waals surface area contributed by atoms with Crippen molar-refractivity contribution >= 4 is 23.1 Å². The van der Waals surface area contributed by atoms with Crippen LogP contribution in [0.1, 0.15) is 41.9 Å². The fourth-order valence-electron chi connectivity index (χ4n) is 1.25. The van der Waals surface area contributed by atoms with Crippen LogP contribution >= 0.6 is 23.1 Å². The van der Waals surface area contributed by atoms with Gasteiger partial charge in [-0.1, -0.05) is 6.92 Å². The van der Waals surface area contributed by atoms with Crippen molar-refractivity contribution < 1.29 is 0 Å². The predicted molar refractivity (Wildman–Crippen MR) is 65.9 cm³/mol. The maximum absolute atomic E-state index is 5.85. The first-order valence-electron chi connectivity index (χ1n) is 4.94. The molecule has 4 heteroatoms. The van der Waals surface area contributed by atoms with Crippen LogP contribution in [0.4, 0.5) is 0 Å². The summed E-state index contributed by atoms with van der Waals surface area (Å²) in [6.45, 7) is 6.26. The Kier molecular flexibility index (Phi) is 4.92. The molecule has 0 aliphatic carbocycles. The number of thioether (sulfide) groups is 1. The van der Waals surface area contributed by atoms with Gasteiger partial charge in [-0.2, -0.15) is 11.8 Å². The van der Waals surface area contributed by atoms with Crippen LogP contribution in [-0.4, -0.2) is 10.7 Å². The first kappa shape index (κ1) is 12.0. The van der Waals surface area contributed by atoms with Gasteiger partial charge in [0.15, 0.2) is 0 Å². The Labute approximate surface area is 94.3 Å². The van der Waals surface area contributed by atoms with E-state index in [0.717, 1.165) is 11.4 Å². The molecule has 0 bridgehead atoms. The highest BCUT2D eigenvalue weighted by atomic mass is 32.2. The molecule has 0 aromatic carbocycles. The van der Waals surface area contributed by atoms with E-state index < -0.39 is 0 Å². The minimum Gasteiger partial charge on any atom is -0.323 e. The molecule has 1 atom stereocenters. The van der Waals surface area contributed by atoms with Gasteiger partial charge in [0.1, 0.15) is 5.01 Å². The van der Waals surface area contributed by atoms with Crippen molar-refractivity contribution in [3.63, 3.8) is 0 Å². The summed E-state index contributed by atoms with van der Waals surface area (Å²) in [5.41, 5.74) is 6.95. The van der Waals surface area contributed by atoms with Crippen molar-refractivity contribution in [3.8, 4) is 0 Å². The normalized spacial score (nSPS) is 13.1. The molecule has 0 aliphatic rings. The lowest BCUT2D eigenvalue weighted by Gasteiger charge is -1.99. The number of aromatic nitrogens is 1. The van der Waals surface area contributed by atoms with Gasteiger partial charge in [0.25, 0.3) is 0 Å². The molecule has 1 rings (SSSR count). The number of thiazole rings is 1. The van der Waals surface area contributed by atoms with Crippen molar-refractivity contribution in [2.24, 2.45) is 5.73 Å². The molecule has 0 spiro atoms. The largest absolute Gasteiger partial charge is 0.323 e. The van der Waals surface area contributed by atoms with E-state index in [9.17, 15) is 0 Å². The third-order valence-corrected chi connectivity index (χ3v) is 4.58. The van der Waals surface area contributed by atoms with Crippen molar-refractivity contribution in [1.29, 1.82) is 0 Å². The molecule has 1 unspecified atom stereocenters. The van der Waals surface area contributed by atoms with Gasteiger partial charge < -0.3 is 5.73 Å². The van der Waals surface area contributed by atoms with Crippen LogP contribution in [0.2, 0.25) is 0 Å². The van der Waals surface area contributed by atoms with Crippen LogP contribution < -0.4 is 5.73 Å². The van der Waals surface area contributed by atoms with E-state index in [-0.39, 0.29) is 6.04 Å². The zero-order valence-corrected chi connectivity index (χ0v) is 10.7. The summed E-state index contributed by atoms with van der Waals surface area (Å²) >= 11 is 3.71. The van der Waals surface area contributed by atoms with Gasteiger partial charge in [-0.05, 0) is 26.0 Å². The monoisotopic (exact) mass is 230 g/mol. The van der Waals surface area contributed by atoms with E-state index in [1.54, 1.807) is 11.3 Å². The number of aryl methyl sites for hydroxylation is 1. The third kappa shape index (κ3) is 3.26. The van der Waals surface area contributed by atoms with Crippen LogP contribution in [0.5, 0.6) is 0 Å². The molecular weight excluding hydrogens is 212 g/mol. The first-order chi connectivity index (χ1) is 6.65. The fraction of sp³-hybridized carbons (Fsp3) is 0.700. The molecule has 0 saturated carbocycles. The highest BCUT2D eigenvalue weighted by Crippen LogP contribution is 2.26. The highest BCUT2D eigenvalue weighted by Gasteiger charge is 2.10. The fourth-order valence-corrected chi connectivity index (χ4v) is 3.23. The number of hydrogen-bond donors (Lipinski definition) is 1. The Balaban J connectivity index is 2.57. The molecule has 0 amide bonds. The van der Waals surface area contributed by atoms with Crippen molar-refractivity contribution in [3.05, 3.63) is 15.6 Å². The van der Waals surface area contributed by atoms with E-state index in [2.05, 4.69) is 11.9 Å². The van der Waals surface area contributed by atoms with Gasteiger partial charge in [0, 0.05) is 16.7 Å². The number of nitrogens with zero attached hydrogens (tertiary/aromatic N) is 1. The zero-order valence-electron chi connectivity index (χ0n) is 9.04. The van der Waals surface area contributed by atoms with E-state index in [1.807, 2.05) is 25.6 Å². The van der Waals surface area contributed by atoms with Gasteiger partial charge in [0.2, 0.25) is 0 Å². The Hall–Kier alpha value is -0.0600. The minimum atomic E-state index is 0.123. The summed E-state index contributed by atoms with van der Waals surface area (Å²) in [4.78, 5) is 5.75. The Bertz CT molecular complexity index is 282. The molecule has 2 nitrogen and oxygen atoms in total. The van der Waals surface area contributed by atoms with Gasteiger partial charge in [0.05, 0.1) is 5.69 Å². The van der Waals surface area contributed by atoms with Gasteiger partial charge in [-0.3, -0.25) is 0 Å². The molecule has 1 aromatic heterocycles. The molecule has 80 valence electrons. The quantitative estimate of drug-likeness (QED) is 0.790. The van der Waals surface area contributed by atoms with Crippen LogP contribution in [0, 0.1) is 6.92 Å². The third-order valence-electron chi connectivity index (χ3n) is 1.86. The maximum Gasteiger partial charge on any atom is 0.103 e. The van der Waals surface area contributed by atoms with Gasteiger partial charge >= 0.3 is 0 Å². The second-order valence-electron chi connectivity index (χ2n) is 3.40. The van der Waals surface area contributed by atoms with E-state index in [0.29, 0.717) is 0 Å². The topological polar surface area (TPSA) is 38.9 Å². The van der Waals surface area contributed by atoms with Crippen LogP contribution in [0.3, 0.4) is 0 Å². The van der Waals surface area contributed by atoms with Crippen LogP contribution in [0.25, 0.3) is 0 Å². The second kappa shape index (κ2) is 5.73. The number of nitrogens with two attached hydrogens (primary N) is 1. The lowest BCUT2D eigenvalue weighted by molar-refractivity contribution is 0.825. The van der Waals surface area contributed by atoms with Crippen LogP contribution in [-0.2, 0) is 5.75 Å².